The molecule has 1 fully saturated rings. The van der Waals surface area contributed by atoms with Gasteiger partial charge in [-0.15, -0.1) is 0 Å². The van der Waals surface area contributed by atoms with Crippen molar-refractivity contribution in [3.05, 3.63) is 54.0 Å². The summed E-state index contributed by atoms with van der Waals surface area (Å²) in [5, 5.41) is 0. The van der Waals surface area contributed by atoms with Gasteiger partial charge in [0.2, 0.25) is 0 Å². The summed E-state index contributed by atoms with van der Waals surface area (Å²) in [7, 11) is -3.10. The van der Waals surface area contributed by atoms with Crippen LogP contribution in [-0.4, -0.2) is 43.4 Å². The zero-order valence-electron chi connectivity index (χ0n) is 16.9. The second-order valence-corrected chi connectivity index (χ2v) is 9.73. The van der Waals surface area contributed by atoms with E-state index in [1.54, 1.807) is 47.6 Å². The number of rotatable bonds is 10. The molecule has 1 unspecified atom stereocenters. The van der Waals surface area contributed by atoms with Crippen molar-refractivity contribution in [1.82, 2.24) is 4.90 Å². The number of nitrogens with zero attached hydrogens (tertiary/aromatic N) is 1. The predicted octanol–water partition coefficient (Wildman–Crippen LogP) is 4.07. The first kappa shape index (κ1) is 21.4. The van der Waals surface area contributed by atoms with Crippen LogP contribution >= 0.6 is 0 Å². The number of unbranched alkanes of at least 4 members (excludes halogenated alkanes) is 3. The maximum Gasteiger partial charge on any atom is 0.254 e. The van der Waals surface area contributed by atoms with Gasteiger partial charge in [-0.3, -0.25) is 4.79 Å². The van der Waals surface area contributed by atoms with Crippen LogP contribution in [0.4, 0.5) is 0 Å². The number of hydrogen-bond donors (Lipinski definition) is 0. The molecule has 0 N–H and O–H groups in total. The fraction of sp³-hybridized carbons (Fsp3) is 0.500. The number of benzene rings is 1. The molecule has 1 atom stereocenters. The number of carbonyl (C=O) groups excluding carboxylic acids is 1. The average Bonchev–Trinajstić information content (AvgIpc) is 3.35. The lowest BCUT2D eigenvalue weighted by Crippen LogP contribution is -2.40. The van der Waals surface area contributed by atoms with Gasteiger partial charge in [0.15, 0.2) is 9.84 Å². The van der Waals surface area contributed by atoms with Gasteiger partial charge in [0.05, 0.1) is 30.9 Å². The number of carbonyl (C=O) groups is 1. The number of sulfone groups is 1. The van der Waals surface area contributed by atoms with Crippen LogP contribution in [0.2, 0.25) is 0 Å². The molecule has 2 aromatic rings. The van der Waals surface area contributed by atoms with Crippen LogP contribution in [0.15, 0.2) is 47.1 Å². The van der Waals surface area contributed by atoms with Gasteiger partial charge in [-0.25, -0.2) is 8.42 Å². The Labute approximate surface area is 172 Å². The van der Waals surface area contributed by atoms with E-state index in [-0.39, 0.29) is 30.0 Å². The molecule has 0 aliphatic carbocycles. The zero-order chi connectivity index (χ0) is 20.7. The lowest BCUT2D eigenvalue weighted by molar-refractivity contribution is 0.0666. The minimum Gasteiger partial charge on any atom is -0.494 e. The van der Waals surface area contributed by atoms with Crippen LogP contribution in [0.5, 0.6) is 5.75 Å². The van der Waals surface area contributed by atoms with Crippen LogP contribution in [0.1, 0.15) is 55.1 Å². The molecule has 0 saturated carbocycles. The molecular weight excluding hydrogens is 390 g/mol. The maximum absolute atomic E-state index is 13.2. The normalized spacial score (nSPS) is 17.9. The van der Waals surface area contributed by atoms with Crippen LogP contribution in [0, 0.1) is 0 Å². The van der Waals surface area contributed by atoms with Crippen molar-refractivity contribution < 1.29 is 22.4 Å². The Hall–Kier alpha value is -2.28. The van der Waals surface area contributed by atoms with Crippen LogP contribution in [0.25, 0.3) is 0 Å². The van der Waals surface area contributed by atoms with E-state index >= 15 is 0 Å². The van der Waals surface area contributed by atoms with Gasteiger partial charge >= 0.3 is 0 Å². The number of amides is 1. The van der Waals surface area contributed by atoms with E-state index in [4.69, 9.17) is 9.15 Å². The van der Waals surface area contributed by atoms with Crippen molar-refractivity contribution in [2.45, 2.75) is 51.6 Å². The molecule has 1 aliphatic heterocycles. The molecular formula is C22H29NO5S. The van der Waals surface area contributed by atoms with Gasteiger partial charge in [0.25, 0.3) is 5.91 Å². The summed E-state index contributed by atoms with van der Waals surface area (Å²) in [6.45, 7) is 3.09. The summed E-state index contributed by atoms with van der Waals surface area (Å²) >= 11 is 0. The average molecular weight is 420 g/mol. The van der Waals surface area contributed by atoms with Crippen molar-refractivity contribution in [3.8, 4) is 5.75 Å². The molecule has 2 heterocycles. The summed E-state index contributed by atoms with van der Waals surface area (Å²) in [5.74, 6) is 1.29. The maximum atomic E-state index is 13.2. The second-order valence-electron chi connectivity index (χ2n) is 7.50. The Morgan fingerprint density at radius 2 is 1.97 bits per heavy atom. The molecule has 6 nitrogen and oxygen atoms in total. The van der Waals surface area contributed by atoms with Gasteiger partial charge in [-0.2, -0.15) is 0 Å². The van der Waals surface area contributed by atoms with Crippen LogP contribution in [-0.2, 0) is 16.4 Å². The van der Waals surface area contributed by atoms with E-state index in [9.17, 15) is 13.2 Å². The zero-order valence-corrected chi connectivity index (χ0v) is 17.7. The Morgan fingerprint density at radius 3 is 2.59 bits per heavy atom. The Balaban J connectivity index is 1.67. The third-order valence-corrected chi connectivity index (χ3v) is 6.93. The van der Waals surface area contributed by atoms with Crippen molar-refractivity contribution in [2.24, 2.45) is 0 Å². The summed E-state index contributed by atoms with van der Waals surface area (Å²) < 4.78 is 35.0. The summed E-state index contributed by atoms with van der Waals surface area (Å²) in [6, 6.07) is 10.3. The molecule has 1 aromatic heterocycles. The van der Waals surface area contributed by atoms with Gasteiger partial charge in [-0.1, -0.05) is 26.2 Å². The molecule has 1 aromatic carbocycles. The molecule has 1 aliphatic rings. The predicted molar refractivity (Wildman–Crippen MR) is 112 cm³/mol. The molecule has 1 amide bonds. The molecule has 1 saturated heterocycles. The fourth-order valence-corrected chi connectivity index (χ4v) is 5.27. The summed E-state index contributed by atoms with van der Waals surface area (Å²) in [5.41, 5.74) is 0.513. The number of hydrogen-bond acceptors (Lipinski definition) is 5. The monoisotopic (exact) mass is 419 g/mol. The van der Waals surface area contributed by atoms with Gasteiger partial charge < -0.3 is 14.1 Å². The van der Waals surface area contributed by atoms with Crippen molar-refractivity contribution >= 4 is 15.7 Å². The minimum atomic E-state index is -3.10. The topological polar surface area (TPSA) is 76.8 Å². The fourth-order valence-electron chi connectivity index (χ4n) is 3.54. The second kappa shape index (κ2) is 9.96. The van der Waals surface area contributed by atoms with Gasteiger partial charge in [0, 0.05) is 11.6 Å². The highest BCUT2D eigenvalue weighted by Gasteiger charge is 2.35. The molecule has 29 heavy (non-hydrogen) atoms. The van der Waals surface area contributed by atoms with E-state index in [1.807, 2.05) is 0 Å². The van der Waals surface area contributed by atoms with Crippen molar-refractivity contribution in [3.63, 3.8) is 0 Å². The Morgan fingerprint density at radius 1 is 1.17 bits per heavy atom. The standard InChI is InChI=1S/C22H29NO5S/c1-2-3-4-5-13-27-20-10-8-18(9-11-20)22(24)23(16-21-7-6-14-28-21)19-12-15-29(25,26)17-19/h6-11,14,19H,2-5,12-13,15-17H2,1H3. The SMILES string of the molecule is CCCCCCOc1ccc(C(=O)N(Cc2ccco2)C2CCS(=O)(=O)C2)cc1. The minimum absolute atomic E-state index is 0.00158. The van der Waals surface area contributed by atoms with E-state index in [0.29, 0.717) is 24.4 Å². The van der Waals surface area contributed by atoms with E-state index in [1.165, 1.54) is 12.8 Å². The highest BCUT2D eigenvalue weighted by Crippen LogP contribution is 2.23. The van der Waals surface area contributed by atoms with E-state index in [2.05, 4.69) is 6.92 Å². The van der Waals surface area contributed by atoms with Gasteiger partial charge in [-0.05, 0) is 49.2 Å². The first-order valence-corrected chi connectivity index (χ1v) is 12.1. The molecule has 0 spiro atoms. The first-order valence-electron chi connectivity index (χ1n) is 10.2. The third-order valence-electron chi connectivity index (χ3n) is 5.18. The molecule has 158 valence electrons. The summed E-state index contributed by atoms with van der Waals surface area (Å²) in [4.78, 5) is 14.8. The molecule has 7 heteroatoms. The largest absolute Gasteiger partial charge is 0.494 e. The number of furan rings is 1. The third kappa shape index (κ3) is 6.10. The summed E-state index contributed by atoms with van der Waals surface area (Å²) in [6.07, 6.45) is 6.57. The molecule has 0 radical (unpaired) electrons. The molecule has 3 rings (SSSR count). The number of ether oxygens (including phenoxy) is 1. The van der Waals surface area contributed by atoms with Crippen molar-refractivity contribution in [2.75, 3.05) is 18.1 Å². The Kier molecular flexibility index (Phi) is 7.36. The van der Waals surface area contributed by atoms with Gasteiger partial charge in [0.1, 0.15) is 11.5 Å². The first-order chi connectivity index (χ1) is 14.0. The highest BCUT2D eigenvalue weighted by atomic mass is 32.2. The van der Waals surface area contributed by atoms with Crippen LogP contribution in [0.3, 0.4) is 0 Å². The Bertz CT molecular complexity index is 874. The highest BCUT2D eigenvalue weighted by molar-refractivity contribution is 7.91. The van der Waals surface area contributed by atoms with E-state index < -0.39 is 9.84 Å². The van der Waals surface area contributed by atoms with Crippen molar-refractivity contribution in [1.29, 1.82) is 0 Å². The van der Waals surface area contributed by atoms with E-state index in [0.717, 1.165) is 18.6 Å². The quantitative estimate of drug-likeness (QED) is 0.543. The lowest BCUT2D eigenvalue weighted by Gasteiger charge is -2.27. The molecule has 0 bridgehead atoms. The lowest BCUT2D eigenvalue weighted by atomic mass is 10.1. The van der Waals surface area contributed by atoms with Crippen LogP contribution < -0.4 is 4.74 Å². The smallest absolute Gasteiger partial charge is 0.254 e.